The van der Waals surface area contributed by atoms with Gasteiger partial charge in [-0.25, -0.2) is 0 Å². The van der Waals surface area contributed by atoms with E-state index in [4.69, 9.17) is 15.1 Å². The molecule has 0 saturated carbocycles. The van der Waals surface area contributed by atoms with Crippen LogP contribution in [-0.4, -0.2) is 28.6 Å². The van der Waals surface area contributed by atoms with Crippen molar-refractivity contribution in [3.05, 3.63) is 179 Å². The largest absolute Gasteiger partial charge is 0.0931 e. The Bertz CT molecular complexity index is 1490. The second kappa shape index (κ2) is 21.4. The molecule has 2 aliphatic rings. The number of aliphatic carboxylic acids is 1. The van der Waals surface area contributed by atoms with E-state index in [1.807, 2.05) is 37.3 Å². The third kappa shape index (κ3) is 11.7. The summed E-state index contributed by atoms with van der Waals surface area (Å²) in [5, 5.41) is 16.0. The van der Waals surface area contributed by atoms with Crippen molar-refractivity contribution in [2.75, 3.05) is 12.3 Å². The monoisotopic (exact) mass is 764 g/mol. The zero-order valence-electron chi connectivity index (χ0n) is 29.7. The van der Waals surface area contributed by atoms with Gasteiger partial charge in [-0.2, -0.15) is 5.48 Å². The van der Waals surface area contributed by atoms with Gasteiger partial charge in [0.1, 0.15) is 0 Å². The van der Waals surface area contributed by atoms with Crippen molar-refractivity contribution in [1.29, 1.82) is 0 Å². The minimum atomic E-state index is -0.833. The molecule has 271 valence electrons. The maximum Gasteiger partial charge on any atom is 0.0931 e. The van der Waals surface area contributed by atoms with Crippen LogP contribution in [0.5, 0.6) is 0 Å². The van der Waals surface area contributed by atoms with E-state index >= 15 is 0 Å². The van der Waals surface area contributed by atoms with E-state index in [2.05, 4.69) is 127 Å². The minimum Gasteiger partial charge on any atom is -0.0622 e. The molecule has 51 heavy (non-hydrogen) atoms. The average Bonchev–Trinajstić information content (AvgIpc) is 3.80. The Morgan fingerprint density at radius 2 is 0.804 bits per heavy atom. The number of hydroxylamine groups is 1. The molecule has 0 aliphatic carbocycles. The van der Waals surface area contributed by atoms with Gasteiger partial charge in [0.25, 0.3) is 5.97 Å². The number of carbonyl (C=O) groups is 1. The zero-order chi connectivity index (χ0) is 35.1. The zero-order valence-corrected chi connectivity index (χ0v) is 32.7. The number of hydrogen-bond acceptors (Lipinski definition) is 3. The molecular weight excluding hydrogens is 711 g/mol. The summed E-state index contributed by atoms with van der Waals surface area (Å²) >= 11 is 0. The van der Waals surface area contributed by atoms with Gasteiger partial charge in [-0.05, 0) is 60.4 Å². The third-order valence-corrected chi connectivity index (χ3v) is 18.5. The first kappa shape index (κ1) is 40.6. The van der Waals surface area contributed by atoms with E-state index in [0.29, 0.717) is 0 Å². The van der Waals surface area contributed by atoms with E-state index in [0.717, 1.165) is 35.1 Å². The Morgan fingerprint density at radius 3 is 1.04 bits per heavy atom. The molecule has 2 heterocycles. The fourth-order valence-corrected chi connectivity index (χ4v) is 17.3. The van der Waals surface area contributed by atoms with Gasteiger partial charge in [-0.3, -0.25) is 4.79 Å². The maximum atomic E-state index is 9.00. The molecule has 7 rings (SSSR count). The molecule has 0 unspecified atom stereocenters. The number of hydrogen-bond donors (Lipinski definition) is 3. The van der Waals surface area contributed by atoms with Gasteiger partial charge in [0.05, 0.1) is 41.0 Å². The standard InChI is InChI=1S/C34H36P2.C8H11NO.C2H4O2.Ni.H/c1-5-13-27(14-6-1)31-21-22-32(28-15-7-2-8-16-28)35(31)25-26-36-33(29-17-9-3-10-18-29)23-24-34(36)30-19-11-4-12-20-30;1-7(9-10)8-5-3-2-4-6-8;1-2(3)4;;/h1-20,31-34H,21-26H2;2-7,9-10H,1H3;1H3,(H,3,4);;/p+2/t31-,32-,33-,34-;7-;;;/m00.../s1. The molecule has 5 aromatic rings. The van der Waals surface area contributed by atoms with Gasteiger partial charge in [-0.1, -0.05) is 152 Å². The topological polar surface area (TPSA) is 69.6 Å². The molecule has 3 N–H and O–H groups in total. The van der Waals surface area contributed by atoms with Crippen LogP contribution in [0.1, 0.15) is 96.0 Å². The van der Waals surface area contributed by atoms with Crippen LogP contribution in [0.4, 0.5) is 0 Å². The number of benzene rings is 5. The van der Waals surface area contributed by atoms with Crippen molar-refractivity contribution in [3.63, 3.8) is 0 Å². The van der Waals surface area contributed by atoms with Gasteiger partial charge < -0.3 is 10.3 Å². The fourth-order valence-electron chi connectivity index (χ4n) is 7.96. The summed E-state index contributed by atoms with van der Waals surface area (Å²) in [5.74, 6) is -0.833. The predicted molar refractivity (Wildman–Crippen MR) is 216 cm³/mol. The van der Waals surface area contributed by atoms with Crippen molar-refractivity contribution in [2.45, 2.75) is 68.2 Å². The molecule has 7 heteroatoms. The summed E-state index contributed by atoms with van der Waals surface area (Å²) in [6, 6.07) is 55.8. The maximum absolute atomic E-state index is 9.00. The summed E-state index contributed by atoms with van der Waals surface area (Å²) in [4.78, 5) is 9.00. The molecule has 5 atom stereocenters. The van der Waals surface area contributed by atoms with E-state index in [1.54, 1.807) is 22.3 Å². The van der Waals surface area contributed by atoms with Crippen LogP contribution < -0.4 is 5.48 Å². The van der Waals surface area contributed by atoms with E-state index in [1.165, 1.54) is 38.0 Å². The van der Waals surface area contributed by atoms with Gasteiger partial charge >= 0.3 is 16.5 Å². The van der Waals surface area contributed by atoms with Crippen LogP contribution in [0.25, 0.3) is 0 Å². The molecule has 4 nitrogen and oxygen atoms in total. The normalized spacial score (nSPS) is 20.5. The van der Waals surface area contributed by atoms with E-state index in [-0.39, 0.29) is 22.5 Å². The summed E-state index contributed by atoms with van der Waals surface area (Å²) in [6.07, 6.45) is 8.39. The first-order valence-electron chi connectivity index (χ1n) is 18.0. The first-order valence-corrected chi connectivity index (χ1v) is 21.7. The van der Waals surface area contributed by atoms with Gasteiger partial charge in [0.2, 0.25) is 0 Å². The van der Waals surface area contributed by atoms with Crippen LogP contribution in [0.15, 0.2) is 152 Å². The van der Waals surface area contributed by atoms with Crippen LogP contribution in [0, 0.1) is 0 Å². The molecule has 5 aromatic carbocycles. The first-order chi connectivity index (χ1) is 24.5. The molecule has 0 amide bonds. The Kier molecular flexibility index (Phi) is 17.0. The molecule has 0 bridgehead atoms. The average molecular weight is 766 g/mol. The molecule has 0 spiro atoms. The molecular formula is C44H54NNiO3P2+2. The second-order valence-electron chi connectivity index (χ2n) is 13.4. The smallest absolute Gasteiger partial charge is 0.0622 e. The van der Waals surface area contributed by atoms with Gasteiger partial charge in [0.15, 0.2) is 0 Å². The molecule has 0 radical (unpaired) electrons. The Balaban J connectivity index is 0.000000328. The minimum absolute atomic E-state index is 0. The van der Waals surface area contributed by atoms with Crippen molar-refractivity contribution < 1.29 is 31.6 Å². The van der Waals surface area contributed by atoms with Crippen LogP contribution in [0.2, 0.25) is 0 Å². The summed E-state index contributed by atoms with van der Waals surface area (Å²) in [6.45, 7) is 2.98. The fraction of sp³-hybridized carbons (Fsp3) is 0.295. The van der Waals surface area contributed by atoms with Crippen molar-refractivity contribution in [1.82, 2.24) is 5.48 Å². The quantitative estimate of drug-likeness (QED) is 0.0794. The summed E-state index contributed by atoms with van der Waals surface area (Å²) < 4.78 is 0. The number of carboxylic acid groups (broad SMARTS) is 1. The number of rotatable bonds is 9. The molecule has 2 aliphatic heterocycles. The van der Waals surface area contributed by atoms with Crippen LogP contribution in [0.3, 0.4) is 0 Å². The number of nitrogens with one attached hydrogen (secondary N) is 1. The van der Waals surface area contributed by atoms with Crippen molar-refractivity contribution in [3.8, 4) is 0 Å². The van der Waals surface area contributed by atoms with E-state index < -0.39 is 21.8 Å². The molecule has 2 saturated heterocycles. The summed E-state index contributed by atoms with van der Waals surface area (Å²) in [5.41, 5.74) is 12.8. The predicted octanol–water partition coefficient (Wildman–Crippen LogP) is 11.5. The molecule has 0 aromatic heterocycles. The number of carboxylic acids is 1. The molecule has 2 fully saturated rings. The van der Waals surface area contributed by atoms with Crippen LogP contribution >= 0.6 is 15.8 Å². The summed E-state index contributed by atoms with van der Waals surface area (Å²) in [7, 11) is -1.13. The van der Waals surface area contributed by atoms with Gasteiger partial charge in [-0.15, -0.1) is 0 Å². The Labute approximate surface area is 317 Å². The van der Waals surface area contributed by atoms with Crippen molar-refractivity contribution in [2.24, 2.45) is 0 Å². The van der Waals surface area contributed by atoms with E-state index in [9.17, 15) is 0 Å². The van der Waals surface area contributed by atoms with Gasteiger partial charge in [0, 0.05) is 22.8 Å². The second-order valence-corrected chi connectivity index (χ2v) is 19.5. The van der Waals surface area contributed by atoms with Crippen molar-refractivity contribution >= 4 is 21.8 Å². The Morgan fingerprint density at radius 1 is 0.569 bits per heavy atom. The Hall–Kier alpha value is -3.16. The third-order valence-electron chi connectivity index (χ3n) is 10.3. The SMILES string of the molecule is CC(=O)O.C[C@H](NO)c1ccccc1.[NiH].c1ccc([C@@H]2CC[C@@H](c3ccccc3)[PH+]2CC[PH+]2[C@H](c3ccccc3)CC[C@H]2c2ccccc2)cc1. The van der Waals surface area contributed by atoms with Crippen LogP contribution in [-0.2, 0) is 21.3 Å².